The summed E-state index contributed by atoms with van der Waals surface area (Å²) in [6.45, 7) is 2.36. The first-order chi connectivity index (χ1) is 17.1. The number of aliphatic hydroxyl groups excluding tert-OH is 2. The third kappa shape index (κ3) is 2.76. The summed E-state index contributed by atoms with van der Waals surface area (Å²) in [5.74, 6) is -0.0772. The molecule has 2 spiro atoms. The molecule has 192 valence electrons. The number of benzene rings is 1. The number of aliphatic hydroxyl groups is 3. The van der Waals surface area contributed by atoms with Crippen molar-refractivity contribution < 1.29 is 20.1 Å². The van der Waals surface area contributed by atoms with E-state index in [0.717, 1.165) is 36.6 Å². The fraction of sp³-hybridized carbons (Fsp3) is 0.655. The molecule has 3 heterocycles. The molecule has 2 saturated carbocycles. The lowest BCUT2D eigenvalue weighted by Gasteiger charge is -2.65. The smallest absolute Gasteiger partial charge is 0.116 e. The van der Waals surface area contributed by atoms with Crippen molar-refractivity contribution in [2.24, 2.45) is 17.3 Å². The molecule has 2 saturated heterocycles. The Hall–Kier alpha value is -1.90. The van der Waals surface area contributed by atoms with Gasteiger partial charge in [0, 0.05) is 29.5 Å². The molecule has 3 N–H and O–H groups in total. The number of allylic oxidation sites excluding steroid dienone is 2. The zero-order chi connectivity index (χ0) is 25.1. The van der Waals surface area contributed by atoms with E-state index in [0.29, 0.717) is 19.3 Å². The SMILES string of the molecule is CN(C)[C@H]1C[C@@]23CC[C@]4(O2)C2CC=C(c5ccc6ncncc6c5)[C@@]2(C)CCC4(O)CC3[C@@H](O)[C@@H]1O. The van der Waals surface area contributed by atoms with Crippen molar-refractivity contribution in [3.05, 3.63) is 42.4 Å². The van der Waals surface area contributed by atoms with Crippen LogP contribution in [0.5, 0.6) is 0 Å². The minimum Gasteiger partial charge on any atom is -0.390 e. The van der Waals surface area contributed by atoms with Gasteiger partial charge < -0.3 is 25.0 Å². The molecule has 1 aromatic carbocycles. The highest BCUT2D eigenvalue weighted by Gasteiger charge is 2.76. The summed E-state index contributed by atoms with van der Waals surface area (Å²) in [5, 5.41) is 35.5. The number of nitrogens with zero attached hydrogens (tertiary/aromatic N) is 3. The molecule has 9 atom stereocenters. The standard InChI is InChI=1S/C29H37N3O4/c1-26-8-10-28(35)13-20-24(33)25(34)22(32(2)3)14-27(20)9-11-29(28,36-27)23(26)7-5-19(26)17-4-6-21-18(12-17)15-30-16-31-21/h4-6,12,15-16,20,22-25,33-35H,7-11,13-14H2,1-3H3/t20?,22-,23?,24+,25+,26+,27+,28?,29-/m0/s1. The van der Waals surface area contributed by atoms with Gasteiger partial charge in [0.25, 0.3) is 0 Å². The minimum absolute atomic E-state index is 0.109. The lowest BCUT2D eigenvalue weighted by molar-refractivity contribution is -0.331. The van der Waals surface area contributed by atoms with Crippen LogP contribution in [0.2, 0.25) is 0 Å². The van der Waals surface area contributed by atoms with Gasteiger partial charge in [-0.25, -0.2) is 9.97 Å². The van der Waals surface area contributed by atoms with Gasteiger partial charge in [0.1, 0.15) is 11.9 Å². The summed E-state index contributed by atoms with van der Waals surface area (Å²) < 4.78 is 7.22. The number of likely N-dealkylation sites (N-methyl/N-ethyl adjacent to an activating group) is 1. The van der Waals surface area contributed by atoms with Crippen molar-refractivity contribution >= 4 is 16.5 Å². The Bertz CT molecular complexity index is 1270. The first-order valence-corrected chi connectivity index (χ1v) is 13.5. The van der Waals surface area contributed by atoms with Gasteiger partial charge in [-0.05, 0) is 87.7 Å². The van der Waals surface area contributed by atoms with E-state index in [4.69, 9.17) is 4.74 Å². The Labute approximate surface area is 212 Å². The van der Waals surface area contributed by atoms with E-state index in [1.54, 1.807) is 6.33 Å². The largest absolute Gasteiger partial charge is 0.390 e. The van der Waals surface area contributed by atoms with Crippen LogP contribution < -0.4 is 0 Å². The predicted octanol–water partition coefficient (Wildman–Crippen LogP) is 2.93. The van der Waals surface area contributed by atoms with E-state index >= 15 is 0 Å². The van der Waals surface area contributed by atoms with Crippen LogP contribution in [0.25, 0.3) is 16.5 Å². The van der Waals surface area contributed by atoms with Gasteiger partial charge >= 0.3 is 0 Å². The van der Waals surface area contributed by atoms with E-state index in [-0.39, 0.29) is 23.3 Å². The van der Waals surface area contributed by atoms with Crippen LogP contribution in [0, 0.1) is 17.3 Å². The molecule has 3 aliphatic carbocycles. The molecule has 0 radical (unpaired) electrons. The van der Waals surface area contributed by atoms with Gasteiger partial charge in [-0.1, -0.05) is 19.1 Å². The molecule has 0 amide bonds. The number of hydrogen-bond donors (Lipinski definition) is 3. The van der Waals surface area contributed by atoms with Crippen LogP contribution in [0.4, 0.5) is 0 Å². The maximum atomic E-state index is 12.3. The van der Waals surface area contributed by atoms with Crippen LogP contribution in [0.3, 0.4) is 0 Å². The molecule has 7 nitrogen and oxygen atoms in total. The van der Waals surface area contributed by atoms with Crippen LogP contribution in [-0.2, 0) is 4.74 Å². The van der Waals surface area contributed by atoms with Crippen LogP contribution >= 0.6 is 0 Å². The fourth-order valence-electron chi connectivity index (χ4n) is 9.21. The van der Waals surface area contributed by atoms with Crippen LogP contribution in [-0.4, -0.2) is 79.3 Å². The summed E-state index contributed by atoms with van der Waals surface area (Å²) in [5.41, 5.74) is 1.25. The van der Waals surface area contributed by atoms with Crippen molar-refractivity contribution in [1.29, 1.82) is 0 Å². The molecule has 7 heteroatoms. The van der Waals surface area contributed by atoms with Crippen LogP contribution in [0.1, 0.15) is 57.4 Å². The van der Waals surface area contributed by atoms with Crippen molar-refractivity contribution in [2.75, 3.05) is 14.1 Å². The Morgan fingerprint density at radius 2 is 1.89 bits per heavy atom. The topological polar surface area (TPSA) is 98.9 Å². The van der Waals surface area contributed by atoms with E-state index in [2.05, 4.69) is 41.2 Å². The molecule has 1 aromatic heterocycles. The second-order valence-electron chi connectivity index (χ2n) is 12.7. The van der Waals surface area contributed by atoms with Gasteiger partial charge in [0.2, 0.25) is 0 Å². The Morgan fingerprint density at radius 1 is 1.06 bits per heavy atom. The summed E-state index contributed by atoms with van der Waals surface area (Å²) in [7, 11) is 3.92. The molecule has 4 fully saturated rings. The number of ether oxygens (including phenoxy) is 1. The molecule has 7 rings (SSSR count). The quantitative estimate of drug-likeness (QED) is 0.594. The van der Waals surface area contributed by atoms with Gasteiger partial charge in [0.05, 0.1) is 28.9 Å². The first kappa shape index (κ1) is 23.2. The summed E-state index contributed by atoms with van der Waals surface area (Å²) in [6, 6.07) is 6.28. The van der Waals surface area contributed by atoms with Crippen molar-refractivity contribution in [1.82, 2.24) is 14.9 Å². The van der Waals surface area contributed by atoms with Gasteiger partial charge in [-0.2, -0.15) is 0 Å². The van der Waals surface area contributed by atoms with Crippen molar-refractivity contribution in [3.8, 4) is 0 Å². The fourth-order valence-corrected chi connectivity index (χ4v) is 9.21. The summed E-state index contributed by atoms with van der Waals surface area (Å²) in [4.78, 5) is 10.6. The molecular weight excluding hydrogens is 454 g/mol. The maximum absolute atomic E-state index is 12.3. The number of rotatable bonds is 2. The maximum Gasteiger partial charge on any atom is 0.116 e. The molecule has 2 aliphatic heterocycles. The predicted molar refractivity (Wildman–Crippen MR) is 136 cm³/mol. The average Bonchev–Trinajstić information content (AvgIpc) is 3.39. The molecule has 5 aliphatic rings. The van der Waals surface area contributed by atoms with E-state index < -0.39 is 29.0 Å². The average molecular weight is 492 g/mol. The van der Waals surface area contributed by atoms with E-state index in [1.165, 1.54) is 11.1 Å². The first-order valence-electron chi connectivity index (χ1n) is 13.5. The molecule has 3 unspecified atom stereocenters. The number of fused-ring (bicyclic) bond motifs is 2. The molecule has 2 aromatic rings. The Balaban J connectivity index is 1.27. The molecule has 2 bridgehead atoms. The second kappa shape index (κ2) is 7.35. The third-order valence-electron chi connectivity index (χ3n) is 11.1. The highest BCUT2D eigenvalue weighted by Crippen LogP contribution is 2.71. The monoisotopic (exact) mass is 491 g/mol. The molecular formula is C29H37N3O4. The van der Waals surface area contributed by atoms with E-state index in [1.807, 2.05) is 25.2 Å². The van der Waals surface area contributed by atoms with Gasteiger partial charge in [-0.3, -0.25) is 0 Å². The summed E-state index contributed by atoms with van der Waals surface area (Å²) >= 11 is 0. The normalized spacial score (nSPS) is 47.4. The van der Waals surface area contributed by atoms with E-state index in [9.17, 15) is 15.3 Å². The summed E-state index contributed by atoms with van der Waals surface area (Å²) in [6.07, 6.45) is 9.30. The minimum atomic E-state index is -0.992. The Morgan fingerprint density at radius 3 is 2.69 bits per heavy atom. The van der Waals surface area contributed by atoms with Crippen molar-refractivity contribution in [2.45, 2.75) is 86.9 Å². The Kier molecular flexibility index (Phi) is 4.75. The third-order valence-corrected chi connectivity index (χ3v) is 11.1. The zero-order valence-corrected chi connectivity index (χ0v) is 21.4. The zero-order valence-electron chi connectivity index (χ0n) is 21.4. The highest BCUT2D eigenvalue weighted by molar-refractivity contribution is 5.84. The number of aromatic nitrogens is 2. The second-order valence-corrected chi connectivity index (χ2v) is 12.7. The van der Waals surface area contributed by atoms with Crippen LogP contribution in [0.15, 0.2) is 36.8 Å². The van der Waals surface area contributed by atoms with Gasteiger partial charge in [0.15, 0.2) is 0 Å². The lowest BCUT2D eigenvalue weighted by atomic mass is 9.51. The lowest BCUT2D eigenvalue weighted by Crippen LogP contribution is -2.73. The highest BCUT2D eigenvalue weighted by atomic mass is 16.6. The van der Waals surface area contributed by atoms with Crippen molar-refractivity contribution in [3.63, 3.8) is 0 Å². The molecule has 36 heavy (non-hydrogen) atoms. The number of hydrogen-bond acceptors (Lipinski definition) is 7. The van der Waals surface area contributed by atoms with Gasteiger partial charge in [-0.15, -0.1) is 0 Å².